The van der Waals surface area contributed by atoms with Gasteiger partial charge in [0.1, 0.15) is 0 Å². The molecule has 3 rings (SSSR count). The molecule has 0 bridgehead atoms. The Hall–Kier alpha value is -2.08. The maximum atomic E-state index is 12.0. The molecule has 114 valence electrons. The van der Waals surface area contributed by atoms with Gasteiger partial charge in [-0.05, 0) is 48.4 Å². The molecule has 0 unspecified atom stereocenters. The topological polar surface area (TPSA) is 61.8 Å². The normalized spacial score (nSPS) is 19.7. The van der Waals surface area contributed by atoms with Crippen molar-refractivity contribution < 1.29 is 9.59 Å². The molecule has 0 aliphatic carbocycles. The van der Waals surface area contributed by atoms with Gasteiger partial charge in [0.25, 0.3) is 5.91 Å². The minimum atomic E-state index is -0.169. The zero-order chi connectivity index (χ0) is 15.5. The molecule has 1 N–H and O–H groups in total. The van der Waals surface area contributed by atoms with Crippen LogP contribution in [0.4, 0.5) is 5.69 Å². The van der Waals surface area contributed by atoms with E-state index in [0.717, 1.165) is 42.3 Å². The Labute approximate surface area is 133 Å². The third-order valence-electron chi connectivity index (χ3n) is 3.51. The fourth-order valence-corrected chi connectivity index (χ4v) is 3.42. The van der Waals surface area contributed by atoms with Crippen LogP contribution in [0, 0.1) is 0 Å². The number of aliphatic imine (C=N–C) groups is 1. The van der Waals surface area contributed by atoms with E-state index >= 15 is 0 Å². The number of anilines is 1. The first-order valence-corrected chi connectivity index (χ1v) is 8.08. The monoisotopic (exact) mass is 315 g/mol. The molecular weight excluding hydrogens is 298 g/mol. The Morgan fingerprint density at radius 2 is 1.95 bits per heavy atom. The third-order valence-corrected chi connectivity index (χ3v) is 4.56. The number of likely N-dealkylation sites (tertiary alicyclic amines) is 1. The zero-order valence-electron chi connectivity index (χ0n) is 12.3. The van der Waals surface area contributed by atoms with E-state index in [9.17, 15) is 9.59 Å². The van der Waals surface area contributed by atoms with Crippen LogP contribution in [-0.4, -0.2) is 35.0 Å². The highest BCUT2D eigenvalue weighted by Gasteiger charge is 2.27. The van der Waals surface area contributed by atoms with Crippen molar-refractivity contribution >= 4 is 40.5 Å². The largest absolute Gasteiger partial charge is 0.351 e. The molecule has 0 radical (unpaired) electrons. The molecule has 2 aliphatic rings. The van der Waals surface area contributed by atoms with Gasteiger partial charge >= 0.3 is 0 Å². The summed E-state index contributed by atoms with van der Waals surface area (Å²) in [6.07, 6.45) is 4.17. The fraction of sp³-hybridized carbons (Fsp3) is 0.312. The van der Waals surface area contributed by atoms with Crippen molar-refractivity contribution in [2.24, 2.45) is 4.99 Å². The number of nitrogens with zero attached hydrogens (tertiary/aromatic N) is 2. The number of thioether (sulfide) groups is 1. The lowest BCUT2D eigenvalue weighted by Crippen LogP contribution is -2.23. The van der Waals surface area contributed by atoms with E-state index in [2.05, 4.69) is 15.2 Å². The van der Waals surface area contributed by atoms with Gasteiger partial charge < -0.3 is 10.2 Å². The van der Waals surface area contributed by atoms with Gasteiger partial charge in [0, 0.05) is 25.7 Å². The molecule has 1 aromatic carbocycles. The zero-order valence-corrected chi connectivity index (χ0v) is 13.2. The fourth-order valence-electron chi connectivity index (χ4n) is 2.46. The van der Waals surface area contributed by atoms with Gasteiger partial charge in [-0.3, -0.25) is 9.59 Å². The van der Waals surface area contributed by atoms with Crippen LogP contribution in [0.1, 0.15) is 25.3 Å². The van der Waals surface area contributed by atoms with E-state index < -0.39 is 0 Å². The summed E-state index contributed by atoms with van der Waals surface area (Å²) in [5, 5.41) is 3.54. The van der Waals surface area contributed by atoms with Crippen LogP contribution >= 0.6 is 11.8 Å². The van der Waals surface area contributed by atoms with Gasteiger partial charge in [0.05, 0.1) is 4.91 Å². The lowest BCUT2D eigenvalue weighted by molar-refractivity contribution is -0.114. The Bertz CT molecular complexity index is 658. The maximum absolute atomic E-state index is 12.0. The van der Waals surface area contributed by atoms with Crippen molar-refractivity contribution in [1.29, 1.82) is 0 Å². The van der Waals surface area contributed by atoms with Gasteiger partial charge in [0.2, 0.25) is 5.91 Å². The van der Waals surface area contributed by atoms with Crippen molar-refractivity contribution in [3.05, 3.63) is 34.7 Å². The summed E-state index contributed by atoms with van der Waals surface area (Å²) in [4.78, 5) is 30.0. The molecule has 0 spiro atoms. The smallest absolute Gasteiger partial charge is 0.286 e. The van der Waals surface area contributed by atoms with E-state index in [1.807, 2.05) is 30.3 Å². The minimum Gasteiger partial charge on any atom is -0.351 e. The van der Waals surface area contributed by atoms with Crippen LogP contribution < -0.4 is 5.32 Å². The highest BCUT2D eigenvalue weighted by Crippen LogP contribution is 2.31. The Kier molecular flexibility index (Phi) is 4.29. The third kappa shape index (κ3) is 3.39. The summed E-state index contributed by atoms with van der Waals surface area (Å²) < 4.78 is 0. The molecule has 6 heteroatoms. The predicted octanol–water partition coefficient (Wildman–Crippen LogP) is 2.71. The minimum absolute atomic E-state index is 0.101. The first kappa shape index (κ1) is 14.8. The molecule has 22 heavy (non-hydrogen) atoms. The van der Waals surface area contributed by atoms with Crippen LogP contribution in [0.2, 0.25) is 0 Å². The molecule has 1 saturated heterocycles. The van der Waals surface area contributed by atoms with E-state index in [1.165, 1.54) is 18.7 Å². The number of rotatable bonds is 2. The second kappa shape index (κ2) is 6.36. The standard InChI is InChI=1S/C16H17N3O2S/c1-11(20)17-13-6-4-12(5-7-13)10-14-15(21)18-16(22-14)19-8-2-3-9-19/h4-7,10H,2-3,8-9H2,1H3,(H,17,20)/b14-10-. The second-order valence-electron chi connectivity index (χ2n) is 5.31. The molecule has 0 aromatic heterocycles. The first-order valence-electron chi connectivity index (χ1n) is 7.27. The summed E-state index contributed by atoms with van der Waals surface area (Å²) in [6, 6.07) is 7.39. The number of amides is 2. The lowest BCUT2D eigenvalue weighted by Gasteiger charge is -2.14. The number of amidine groups is 1. The first-order chi connectivity index (χ1) is 10.6. The van der Waals surface area contributed by atoms with Gasteiger partial charge in [0.15, 0.2) is 5.17 Å². The maximum Gasteiger partial charge on any atom is 0.286 e. The molecule has 0 saturated carbocycles. The van der Waals surface area contributed by atoms with Crippen LogP contribution in [-0.2, 0) is 9.59 Å². The molecule has 0 atom stereocenters. The van der Waals surface area contributed by atoms with Gasteiger partial charge in [-0.25, -0.2) is 0 Å². The molecule has 2 amide bonds. The lowest BCUT2D eigenvalue weighted by atomic mass is 10.2. The number of hydrogen-bond acceptors (Lipinski definition) is 4. The van der Waals surface area contributed by atoms with Crippen LogP contribution in [0.25, 0.3) is 6.08 Å². The van der Waals surface area contributed by atoms with Crippen molar-refractivity contribution in [2.75, 3.05) is 18.4 Å². The van der Waals surface area contributed by atoms with Gasteiger partial charge in [-0.2, -0.15) is 4.99 Å². The number of carbonyl (C=O) groups is 2. The molecule has 2 aliphatic heterocycles. The number of carbonyl (C=O) groups excluding carboxylic acids is 2. The number of hydrogen-bond donors (Lipinski definition) is 1. The number of nitrogens with one attached hydrogen (secondary N) is 1. The highest BCUT2D eigenvalue weighted by atomic mass is 32.2. The Balaban J connectivity index is 1.70. The van der Waals surface area contributed by atoms with Gasteiger partial charge in [-0.15, -0.1) is 0 Å². The van der Waals surface area contributed by atoms with Crippen LogP contribution in [0.15, 0.2) is 34.2 Å². The van der Waals surface area contributed by atoms with Crippen LogP contribution in [0.3, 0.4) is 0 Å². The molecule has 5 nitrogen and oxygen atoms in total. The predicted molar refractivity (Wildman–Crippen MR) is 89.6 cm³/mol. The van der Waals surface area contributed by atoms with E-state index in [4.69, 9.17) is 0 Å². The quantitative estimate of drug-likeness (QED) is 0.852. The highest BCUT2D eigenvalue weighted by molar-refractivity contribution is 8.18. The number of benzene rings is 1. The summed E-state index contributed by atoms with van der Waals surface area (Å²) in [5.41, 5.74) is 1.66. The summed E-state index contributed by atoms with van der Waals surface area (Å²) in [6.45, 7) is 3.44. The van der Waals surface area contributed by atoms with Gasteiger partial charge in [-0.1, -0.05) is 12.1 Å². The van der Waals surface area contributed by atoms with Crippen molar-refractivity contribution in [3.8, 4) is 0 Å². The van der Waals surface area contributed by atoms with E-state index in [1.54, 1.807) is 0 Å². The Morgan fingerprint density at radius 3 is 2.59 bits per heavy atom. The molecular formula is C16H17N3O2S. The summed E-state index contributed by atoms with van der Waals surface area (Å²) in [5.74, 6) is -0.269. The average Bonchev–Trinajstić information content (AvgIpc) is 3.11. The molecule has 2 heterocycles. The van der Waals surface area contributed by atoms with Crippen molar-refractivity contribution in [2.45, 2.75) is 19.8 Å². The molecule has 1 aromatic rings. The Morgan fingerprint density at radius 1 is 1.27 bits per heavy atom. The SMILES string of the molecule is CC(=O)Nc1ccc(/C=C2\SC(N3CCCC3)=NC2=O)cc1. The van der Waals surface area contributed by atoms with E-state index in [0.29, 0.717) is 4.91 Å². The average molecular weight is 315 g/mol. The van der Waals surface area contributed by atoms with Crippen molar-refractivity contribution in [1.82, 2.24) is 4.90 Å². The molecule has 1 fully saturated rings. The van der Waals surface area contributed by atoms with E-state index in [-0.39, 0.29) is 11.8 Å². The summed E-state index contributed by atoms with van der Waals surface area (Å²) in [7, 11) is 0. The summed E-state index contributed by atoms with van der Waals surface area (Å²) >= 11 is 1.44. The van der Waals surface area contributed by atoms with Crippen LogP contribution in [0.5, 0.6) is 0 Å². The van der Waals surface area contributed by atoms with Crippen molar-refractivity contribution in [3.63, 3.8) is 0 Å². The second-order valence-corrected chi connectivity index (χ2v) is 6.32.